The van der Waals surface area contributed by atoms with E-state index in [1.807, 2.05) is 60.6 Å². The quantitative estimate of drug-likeness (QED) is 0.567. The minimum absolute atomic E-state index is 0.0117. The van der Waals surface area contributed by atoms with Crippen LogP contribution in [0, 0.1) is 13.8 Å². The number of nitrogens with one attached hydrogen (secondary N) is 1. The number of amides is 1. The highest BCUT2D eigenvalue weighted by atomic mass is 32.2. The average Bonchev–Trinajstić information content (AvgIpc) is 3.27. The maximum atomic E-state index is 12.5. The fourth-order valence-electron chi connectivity index (χ4n) is 3.17. The average molecular weight is 398 g/mol. The normalized spacial score (nSPS) is 12.3. The van der Waals surface area contributed by atoms with Crippen molar-refractivity contribution in [2.45, 2.75) is 50.3 Å². The van der Waals surface area contributed by atoms with Crippen LogP contribution in [0.1, 0.15) is 42.6 Å². The predicted octanol–water partition coefficient (Wildman–Crippen LogP) is 4.54. The molecular weight excluding hydrogens is 370 g/mol. The summed E-state index contributed by atoms with van der Waals surface area (Å²) < 4.78 is 7.50. The number of carbonyl (C=O) groups excluding carboxylic acids is 1. The molecule has 1 amide bonds. The molecule has 0 bridgehead atoms. The first-order valence-electron chi connectivity index (χ1n) is 9.51. The van der Waals surface area contributed by atoms with Crippen LogP contribution in [0.2, 0.25) is 0 Å². The minimum atomic E-state index is -0.169. The van der Waals surface area contributed by atoms with Gasteiger partial charge in [0.25, 0.3) is 0 Å². The maximum absolute atomic E-state index is 12.5. The first kappa shape index (κ1) is 20.3. The van der Waals surface area contributed by atoms with Crippen molar-refractivity contribution in [1.29, 1.82) is 0 Å². The molecule has 3 rings (SSSR count). The van der Waals surface area contributed by atoms with E-state index >= 15 is 0 Å². The molecular formula is C22H27N3O2S. The molecule has 0 spiro atoms. The molecule has 0 saturated heterocycles. The van der Waals surface area contributed by atoms with E-state index in [-0.39, 0.29) is 11.9 Å². The van der Waals surface area contributed by atoms with Crippen LogP contribution in [0.15, 0.2) is 58.0 Å². The third-order valence-electron chi connectivity index (χ3n) is 4.36. The van der Waals surface area contributed by atoms with E-state index in [0.29, 0.717) is 18.2 Å². The summed E-state index contributed by atoms with van der Waals surface area (Å²) in [6, 6.07) is 13.8. The number of aryl methyl sites for hydroxylation is 2. The van der Waals surface area contributed by atoms with E-state index in [1.54, 1.807) is 6.26 Å². The van der Waals surface area contributed by atoms with Gasteiger partial charge in [0.05, 0.1) is 18.4 Å². The summed E-state index contributed by atoms with van der Waals surface area (Å²) in [6.07, 6.45) is 2.00. The lowest BCUT2D eigenvalue weighted by Crippen LogP contribution is -2.33. The fraction of sp³-hybridized carbons (Fsp3) is 0.364. The third kappa shape index (κ3) is 5.29. The Labute approximate surface area is 170 Å². The zero-order valence-electron chi connectivity index (χ0n) is 16.8. The van der Waals surface area contributed by atoms with Gasteiger partial charge in [-0.2, -0.15) is 5.10 Å². The van der Waals surface area contributed by atoms with Crippen LogP contribution < -0.4 is 5.32 Å². The molecule has 1 atom stereocenters. The summed E-state index contributed by atoms with van der Waals surface area (Å²) >= 11 is 1.82. The molecule has 0 aliphatic carbocycles. The highest BCUT2D eigenvalue weighted by Crippen LogP contribution is 2.23. The Hall–Kier alpha value is -2.47. The lowest BCUT2D eigenvalue weighted by molar-refractivity contribution is -0.120. The van der Waals surface area contributed by atoms with Gasteiger partial charge in [-0.3, -0.25) is 9.48 Å². The van der Waals surface area contributed by atoms with Crippen molar-refractivity contribution >= 4 is 17.7 Å². The Morgan fingerprint density at radius 3 is 2.54 bits per heavy atom. The first-order valence-corrected chi connectivity index (χ1v) is 10.4. The summed E-state index contributed by atoms with van der Waals surface area (Å²) in [7, 11) is 0. The van der Waals surface area contributed by atoms with Crippen LogP contribution in [0.3, 0.4) is 0 Å². The lowest BCUT2D eigenvalue weighted by Gasteiger charge is -2.18. The number of carbonyl (C=O) groups is 1. The monoisotopic (exact) mass is 397 g/mol. The van der Waals surface area contributed by atoms with Gasteiger partial charge >= 0.3 is 0 Å². The second-order valence-electron chi connectivity index (χ2n) is 7.19. The second kappa shape index (κ2) is 9.15. The van der Waals surface area contributed by atoms with Crippen molar-refractivity contribution in [2.75, 3.05) is 6.54 Å². The van der Waals surface area contributed by atoms with E-state index in [9.17, 15) is 4.79 Å². The number of thioether (sulfide) groups is 1. The van der Waals surface area contributed by atoms with Gasteiger partial charge in [0.15, 0.2) is 0 Å². The molecule has 0 aliphatic heterocycles. The number of aromatic nitrogens is 2. The number of hydrogen-bond donors (Lipinski definition) is 1. The van der Waals surface area contributed by atoms with Crippen molar-refractivity contribution < 1.29 is 9.21 Å². The summed E-state index contributed by atoms with van der Waals surface area (Å²) in [5.74, 6) is 0.768. The van der Waals surface area contributed by atoms with Gasteiger partial charge < -0.3 is 9.73 Å². The van der Waals surface area contributed by atoms with Crippen molar-refractivity contribution in [1.82, 2.24) is 15.1 Å². The number of rotatable bonds is 8. The molecule has 2 aromatic heterocycles. The summed E-state index contributed by atoms with van der Waals surface area (Å²) in [5, 5.41) is 8.14. The fourth-order valence-corrected chi connectivity index (χ4v) is 4.00. The number of furan rings is 1. The molecule has 1 aromatic carbocycles. The maximum Gasteiger partial charge on any atom is 0.224 e. The van der Waals surface area contributed by atoms with Gasteiger partial charge in [-0.05, 0) is 49.7 Å². The minimum Gasteiger partial charge on any atom is -0.467 e. The number of hydrogen-bond acceptors (Lipinski definition) is 4. The Morgan fingerprint density at radius 1 is 1.21 bits per heavy atom. The topological polar surface area (TPSA) is 60.1 Å². The summed E-state index contributed by atoms with van der Waals surface area (Å²) in [5.41, 5.74) is 2.98. The van der Waals surface area contributed by atoms with Gasteiger partial charge in [0.1, 0.15) is 11.8 Å². The molecule has 5 nitrogen and oxygen atoms in total. The van der Waals surface area contributed by atoms with E-state index in [2.05, 4.69) is 36.4 Å². The molecule has 0 saturated carbocycles. The van der Waals surface area contributed by atoms with E-state index in [4.69, 9.17) is 4.42 Å². The van der Waals surface area contributed by atoms with Gasteiger partial charge in [-0.25, -0.2) is 0 Å². The van der Waals surface area contributed by atoms with Crippen LogP contribution in [-0.2, 0) is 11.2 Å². The molecule has 6 heteroatoms. The molecule has 2 heterocycles. The highest BCUT2D eigenvalue weighted by molar-refractivity contribution is 7.99. The largest absolute Gasteiger partial charge is 0.467 e. The Balaban J connectivity index is 1.63. The molecule has 0 aliphatic rings. The molecule has 0 fully saturated rings. The Bertz CT molecular complexity index is 899. The zero-order valence-corrected chi connectivity index (χ0v) is 17.6. The van der Waals surface area contributed by atoms with Crippen molar-refractivity contribution in [3.05, 3.63) is 71.4 Å². The number of nitrogens with zero attached hydrogens (tertiary/aromatic N) is 2. The lowest BCUT2D eigenvalue weighted by atomic mass is 10.1. The standard InChI is InChI=1S/C22H27N3O2S/c1-15(2)28-19-9-7-18(8-10-19)13-22(26)23-14-20(21-6-5-11-27-21)25-17(4)12-16(3)24-25/h5-12,15,20H,13-14H2,1-4H3,(H,23,26). The van der Waals surface area contributed by atoms with Crippen LogP contribution in [0.4, 0.5) is 0 Å². The van der Waals surface area contributed by atoms with Gasteiger partial charge in [0, 0.05) is 22.4 Å². The molecule has 1 unspecified atom stereocenters. The van der Waals surface area contributed by atoms with Crippen LogP contribution >= 0.6 is 11.8 Å². The molecule has 28 heavy (non-hydrogen) atoms. The van der Waals surface area contributed by atoms with E-state index in [1.165, 1.54) is 4.90 Å². The van der Waals surface area contributed by atoms with E-state index < -0.39 is 0 Å². The van der Waals surface area contributed by atoms with Gasteiger partial charge in [-0.1, -0.05) is 26.0 Å². The van der Waals surface area contributed by atoms with Crippen LogP contribution in [-0.4, -0.2) is 27.5 Å². The van der Waals surface area contributed by atoms with Gasteiger partial charge in [-0.15, -0.1) is 11.8 Å². The van der Waals surface area contributed by atoms with Crippen LogP contribution in [0.25, 0.3) is 0 Å². The first-order chi connectivity index (χ1) is 13.4. The number of benzene rings is 1. The predicted molar refractivity (Wildman–Crippen MR) is 113 cm³/mol. The molecule has 1 N–H and O–H groups in total. The summed E-state index contributed by atoms with van der Waals surface area (Å²) in [6.45, 7) is 8.74. The van der Waals surface area contributed by atoms with Crippen molar-refractivity contribution in [3.8, 4) is 0 Å². The third-order valence-corrected chi connectivity index (χ3v) is 5.38. The molecule has 0 radical (unpaired) electrons. The Morgan fingerprint density at radius 2 is 1.96 bits per heavy atom. The van der Waals surface area contributed by atoms with Gasteiger partial charge in [0.2, 0.25) is 5.91 Å². The van der Waals surface area contributed by atoms with Crippen LogP contribution in [0.5, 0.6) is 0 Å². The van der Waals surface area contributed by atoms with Crippen molar-refractivity contribution in [2.24, 2.45) is 0 Å². The molecule has 3 aromatic rings. The SMILES string of the molecule is Cc1cc(C)n(C(CNC(=O)Cc2ccc(SC(C)C)cc2)c2ccco2)n1. The van der Waals surface area contributed by atoms with Crippen molar-refractivity contribution in [3.63, 3.8) is 0 Å². The second-order valence-corrected chi connectivity index (χ2v) is 8.84. The highest BCUT2D eigenvalue weighted by Gasteiger charge is 2.20. The van der Waals surface area contributed by atoms with E-state index in [0.717, 1.165) is 22.7 Å². The zero-order chi connectivity index (χ0) is 20.1. The molecule has 148 valence electrons. The Kier molecular flexibility index (Phi) is 6.62. The smallest absolute Gasteiger partial charge is 0.224 e. The summed E-state index contributed by atoms with van der Waals surface area (Å²) in [4.78, 5) is 13.7.